The second-order valence-electron chi connectivity index (χ2n) is 5.42. The molecule has 1 amide bonds. The van der Waals surface area contributed by atoms with Crippen molar-refractivity contribution in [1.82, 2.24) is 10.2 Å². The highest BCUT2D eigenvalue weighted by Crippen LogP contribution is 2.29. The van der Waals surface area contributed by atoms with E-state index in [0.717, 1.165) is 31.8 Å². The van der Waals surface area contributed by atoms with Gasteiger partial charge in [-0.15, -0.1) is 12.4 Å². The van der Waals surface area contributed by atoms with E-state index in [2.05, 4.69) is 24.1 Å². The Bertz CT molecular complexity index is 267. The minimum atomic E-state index is 0. The van der Waals surface area contributed by atoms with Gasteiger partial charge in [-0.05, 0) is 33.2 Å². The molecule has 2 fully saturated rings. The fraction of sp³-hybridized carbons (Fsp3) is 0.917. The van der Waals surface area contributed by atoms with Crippen LogP contribution in [-0.4, -0.2) is 47.0 Å². The summed E-state index contributed by atoms with van der Waals surface area (Å²) in [4.78, 5) is 14.2. The maximum absolute atomic E-state index is 12.1. The number of carbonyl (C=O) groups excluding carboxylic acids is 1. The van der Waals surface area contributed by atoms with E-state index in [4.69, 9.17) is 0 Å². The van der Waals surface area contributed by atoms with Crippen LogP contribution in [0.5, 0.6) is 0 Å². The Kier molecular flexibility index (Phi) is 5.61. The normalized spacial score (nSPS) is 27.6. The molecule has 2 aliphatic heterocycles. The Balaban J connectivity index is 0.00000144. The molecule has 0 aromatic carbocycles. The lowest BCUT2D eigenvalue weighted by molar-refractivity contribution is -0.131. The molecule has 1 atom stereocenters. The van der Waals surface area contributed by atoms with Crippen LogP contribution < -0.4 is 5.32 Å². The van der Waals surface area contributed by atoms with Gasteiger partial charge in [-0.25, -0.2) is 0 Å². The molecule has 1 unspecified atom stereocenters. The van der Waals surface area contributed by atoms with Crippen molar-refractivity contribution >= 4 is 30.1 Å². The minimum absolute atomic E-state index is 0. The van der Waals surface area contributed by atoms with Crippen LogP contribution in [0, 0.1) is 0 Å². The summed E-state index contributed by atoms with van der Waals surface area (Å²) in [5.74, 6) is 1.42. The summed E-state index contributed by atoms with van der Waals surface area (Å²) in [7, 11) is 0. The van der Waals surface area contributed by atoms with E-state index in [0.29, 0.717) is 18.4 Å². The van der Waals surface area contributed by atoms with Crippen LogP contribution in [0.2, 0.25) is 0 Å². The van der Waals surface area contributed by atoms with Crippen LogP contribution in [0.3, 0.4) is 0 Å². The SMILES string of the molecule is CC1(C)CN(C(=O)CC2CCCN2)CCS1.Cl. The Morgan fingerprint density at radius 3 is 2.88 bits per heavy atom. The molecule has 3 nitrogen and oxygen atoms in total. The average molecular weight is 279 g/mol. The minimum Gasteiger partial charge on any atom is -0.340 e. The standard InChI is InChI=1S/C12H22N2OS.ClH/c1-12(2)9-14(6-7-16-12)11(15)8-10-4-3-5-13-10;/h10,13H,3-9H2,1-2H3;1H. The second-order valence-corrected chi connectivity index (χ2v) is 7.22. The number of hydrogen-bond donors (Lipinski definition) is 1. The lowest BCUT2D eigenvalue weighted by Gasteiger charge is -2.38. The maximum Gasteiger partial charge on any atom is 0.224 e. The number of carbonyl (C=O) groups is 1. The predicted molar refractivity (Wildman–Crippen MR) is 76.0 cm³/mol. The van der Waals surface area contributed by atoms with Gasteiger partial charge < -0.3 is 10.2 Å². The van der Waals surface area contributed by atoms with Gasteiger partial charge >= 0.3 is 0 Å². The molecule has 0 saturated carbocycles. The molecule has 2 rings (SSSR count). The smallest absolute Gasteiger partial charge is 0.224 e. The van der Waals surface area contributed by atoms with Crippen molar-refractivity contribution < 1.29 is 4.79 Å². The van der Waals surface area contributed by atoms with Crippen molar-refractivity contribution in [3.8, 4) is 0 Å². The van der Waals surface area contributed by atoms with Crippen molar-refractivity contribution in [2.45, 2.75) is 43.9 Å². The average Bonchev–Trinajstić information content (AvgIpc) is 2.69. The molecule has 17 heavy (non-hydrogen) atoms. The van der Waals surface area contributed by atoms with Gasteiger partial charge in [-0.3, -0.25) is 4.79 Å². The first-order chi connectivity index (χ1) is 7.57. The Hall–Kier alpha value is 0.0700. The topological polar surface area (TPSA) is 32.3 Å². The van der Waals surface area contributed by atoms with Crippen LogP contribution in [0.4, 0.5) is 0 Å². The van der Waals surface area contributed by atoms with Crippen molar-refractivity contribution in [3.05, 3.63) is 0 Å². The molecule has 2 saturated heterocycles. The number of nitrogens with one attached hydrogen (secondary N) is 1. The zero-order chi connectivity index (χ0) is 11.6. The number of nitrogens with zero attached hydrogens (tertiary/aromatic N) is 1. The first kappa shape index (κ1) is 15.1. The van der Waals surface area contributed by atoms with E-state index in [9.17, 15) is 4.79 Å². The van der Waals surface area contributed by atoms with Gasteiger partial charge in [-0.1, -0.05) is 0 Å². The third-order valence-electron chi connectivity index (χ3n) is 3.36. The Morgan fingerprint density at radius 2 is 2.29 bits per heavy atom. The number of hydrogen-bond acceptors (Lipinski definition) is 3. The van der Waals surface area contributed by atoms with E-state index >= 15 is 0 Å². The molecule has 2 aliphatic rings. The molecular weight excluding hydrogens is 256 g/mol. The zero-order valence-corrected chi connectivity index (χ0v) is 12.3. The van der Waals surface area contributed by atoms with Crippen LogP contribution in [0.15, 0.2) is 0 Å². The maximum atomic E-state index is 12.1. The van der Waals surface area contributed by atoms with Crippen molar-refractivity contribution in [3.63, 3.8) is 0 Å². The van der Waals surface area contributed by atoms with Gasteiger partial charge in [-0.2, -0.15) is 11.8 Å². The van der Waals surface area contributed by atoms with E-state index in [1.807, 2.05) is 11.8 Å². The number of rotatable bonds is 2. The molecule has 2 heterocycles. The largest absolute Gasteiger partial charge is 0.340 e. The summed E-state index contributed by atoms with van der Waals surface area (Å²) in [6.07, 6.45) is 3.08. The quantitative estimate of drug-likeness (QED) is 0.837. The first-order valence-electron chi connectivity index (χ1n) is 6.22. The first-order valence-corrected chi connectivity index (χ1v) is 7.20. The molecule has 0 aromatic rings. The summed E-state index contributed by atoms with van der Waals surface area (Å²) >= 11 is 1.97. The van der Waals surface area contributed by atoms with Gasteiger partial charge in [0, 0.05) is 36.1 Å². The summed E-state index contributed by atoms with van der Waals surface area (Å²) < 4.78 is 0.233. The molecule has 0 aromatic heterocycles. The van der Waals surface area contributed by atoms with Crippen molar-refractivity contribution in [2.24, 2.45) is 0 Å². The highest BCUT2D eigenvalue weighted by molar-refractivity contribution is 8.00. The molecule has 0 spiro atoms. The third-order valence-corrected chi connectivity index (χ3v) is 4.66. The summed E-state index contributed by atoms with van der Waals surface area (Å²) in [6.45, 7) is 7.37. The summed E-state index contributed by atoms with van der Waals surface area (Å²) in [5.41, 5.74) is 0. The van der Waals surface area contributed by atoms with Crippen LogP contribution in [0.25, 0.3) is 0 Å². The zero-order valence-electron chi connectivity index (χ0n) is 10.7. The van der Waals surface area contributed by atoms with Gasteiger partial charge in [0.25, 0.3) is 0 Å². The lowest BCUT2D eigenvalue weighted by Crippen LogP contribution is -2.47. The highest BCUT2D eigenvalue weighted by atomic mass is 35.5. The van der Waals surface area contributed by atoms with E-state index in [-0.39, 0.29) is 17.2 Å². The molecule has 0 aliphatic carbocycles. The molecule has 1 N–H and O–H groups in total. The predicted octanol–water partition coefficient (Wildman–Crippen LogP) is 1.90. The molecular formula is C12H23ClN2OS. The van der Waals surface area contributed by atoms with Gasteiger partial charge in [0.05, 0.1) is 0 Å². The monoisotopic (exact) mass is 278 g/mol. The summed E-state index contributed by atoms with van der Waals surface area (Å²) in [5, 5.41) is 3.39. The fourth-order valence-electron chi connectivity index (χ4n) is 2.50. The molecule has 100 valence electrons. The Morgan fingerprint density at radius 1 is 1.53 bits per heavy atom. The molecule has 0 bridgehead atoms. The van der Waals surface area contributed by atoms with Crippen LogP contribution >= 0.6 is 24.2 Å². The van der Waals surface area contributed by atoms with Gasteiger partial charge in [0.2, 0.25) is 5.91 Å². The molecule has 0 radical (unpaired) electrons. The molecule has 5 heteroatoms. The number of halogens is 1. The number of thioether (sulfide) groups is 1. The third kappa shape index (κ3) is 4.34. The lowest BCUT2D eigenvalue weighted by atomic mass is 10.1. The van der Waals surface area contributed by atoms with Gasteiger partial charge in [0.1, 0.15) is 0 Å². The van der Waals surface area contributed by atoms with E-state index in [1.54, 1.807) is 0 Å². The van der Waals surface area contributed by atoms with Crippen molar-refractivity contribution in [2.75, 3.05) is 25.4 Å². The van der Waals surface area contributed by atoms with E-state index in [1.165, 1.54) is 6.42 Å². The van der Waals surface area contributed by atoms with E-state index < -0.39 is 0 Å². The number of amides is 1. The summed E-state index contributed by atoms with van der Waals surface area (Å²) in [6, 6.07) is 0.435. The van der Waals surface area contributed by atoms with Crippen LogP contribution in [0.1, 0.15) is 33.1 Å². The van der Waals surface area contributed by atoms with Crippen LogP contribution in [-0.2, 0) is 4.79 Å². The highest BCUT2D eigenvalue weighted by Gasteiger charge is 2.30. The fourth-order valence-corrected chi connectivity index (χ4v) is 3.61. The van der Waals surface area contributed by atoms with Crippen molar-refractivity contribution in [1.29, 1.82) is 0 Å². The Labute approximate surface area is 114 Å². The second kappa shape index (κ2) is 6.30. The van der Waals surface area contributed by atoms with Gasteiger partial charge in [0.15, 0.2) is 0 Å².